The van der Waals surface area contributed by atoms with Crippen LogP contribution in [0.15, 0.2) is 72.0 Å². The summed E-state index contributed by atoms with van der Waals surface area (Å²) < 4.78 is 0. The molecule has 2 heterocycles. The van der Waals surface area contributed by atoms with Gasteiger partial charge in [0, 0.05) is 42.0 Å². The van der Waals surface area contributed by atoms with E-state index in [-0.39, 0.29) is 5.91 Å². The molecule has 4 nitrogen and oxygen atoms in total. The van der Waals surface area contributed by atoms with E-state index in [1.165, 1.54) is 10.5 Å². The molecule has 0 radical (unpaired) electrons. The molecule has 0 aliphatic carbocycles. The topological polar surface area (TPSA) is 54.9 Å². The van der Waals surface area contributed by atoms with Gasteiger partial charge in [-0.1, -0.05) is 18.2 Å². The van der Waals surface area contributed by atoms with Crippen LogP contribution >= 0.6 is 11.8 Å². The fourth-order valence-corrected chi connectivity index (χ4v) is 2.96. The normalized spacial score (nSPS) is 10.5. The number of aromatic nitrogens is 2. The number of amides is 1. The van der Waals surface area contributed by atoms with Crippen LogP contribution in [0, 0.1) is 0 Å². The monoisotopic (exact) mass is 363 g/mol. The Hall–Kier alpha value is -2.66. The Morgan fingerprint density at radius 3 is 2.50 bits per heavy atom. The van der Waals surface area contributed by atoms with Gasteiger partial charge in [0.05, 0.1) is 5.69 Å². The molecule has 1 N–H and O–H groups in total. The van der Waals surface area contributed by atoms with Gasteiger partial charge in [0.25, 0.3) is 0 Å². The number of hydrogen-bond donors (Lipinski definition) is 1. The highest BCUT2D eigenvalue weighted by Crippen LogP contribution is 2.16. The molecule has 0 aliphatic rings. The number of nitrogens with zero attached hydrogens (tertiary/aromatic N) is 2. The molecule has 0 fully saturated rings. The first-order chi connectivity index (χ1) is 12.7. The number of carbonyl (C=O) groups is 1. The third kappa shape index (κ3) is 5.17. The molecule has 0 atom stereocenters. The van der Waals surface area contributed by atoms with Crippen molar-refractivity contribution in [1.82, 2.24) is 15.3 Å². The molecule has 26 heavy (non-hydrogen) atoms. The lowest BCUT2D eigenvalue weighted by atomic mass is 10.1. The predicted octanol–water partition coefficient (Wildman–Crippen LogP) is 4.11. The largest absolute Gasteiger partial charge is 0.352 e. The molecule has 2 aromatic heterocycles. The van der Waals surface area contributed by atoms with Crippen LogP contribution in [-0.2, 0) is 17.8 Å². The zero-order chi connectivity index (χ0) is 18.2. The van der Waals surface area contributed by atoms with Gasteiger partial charge in [-0.2, -0.15) is 0 Å². The van der Waals surface area contributed by atoms with Gasteiger partial charge in [-0.15, -0.1) is 11.8 Å². The highest BCUT2D eigenvalue weighted by molar-refractivity contribution is 7.98. The van der Waals surface area contributed by atoms with Crippen molar-refractivity contribution in [3.63, 3.8) is 0 Å². The Morgan fingerprint density at radius 2 is 1.85 bits per heavy atom. The third-order valence-corrected chi connectivity index (χ3v) is 4.82. The molecule has 132 valence electrons. The van der Waals surface area contributed by atoms with E-state index in [1.54, 1.807) is 30.4 Å². The minimum absolute atomic E-state index is 0.0512. The Bertz CT molecular complexity index is 833. The van der Waals surface area contributed by atoms with E-state index in [0.29, 0.717) is 13.0 Å². The molecule has 0 aliphatic heterocycles. The zero-order valence-corrected chi connectivity index (χ0v) is 15.5. The van der Waals surface area contributed by atoms with Crippen LogP contribution in [0.2, 0.25) is 0 Å². The van der Waals surface area contributed by atoms with Gasteiger partial charge in [0.15, 0.2) is 0 Å². The number of nitrogens with one attached hydrogen (secondary N) is 1. The van der Waals surface area contributed by atoms with Gasteiger partial charge >= 0.3 is 0 Å². The first kappa shape index (κ1) is 18.1. The van der Waals surface area contributed by atoms with Gasteiger partial charge in [-0.3, -0.25) is 14.8 Å². The van der Waals surface area contributed by atoms with Gasteiger partial charge in [0.2, 0.25) is 5.91 Å². The van der Waals surface area contributed by atoms with Crippen molar-refractivity contribution < 1.29 is 4.79 Å². The van der Waals surface area contributed by atoms with E-state index >= 15 is 0 Å². The van der Waals surface area contributed by atoms with Crippen molar-refractivity contribution in [2.75, 3.05) is 6.26 Å². The summed E-state index contributed by atoms with van der Waals surface area (Å²) in [6.07, 6.45) is 8.61. The number of carbonyl (C=O) groups excluding carboxylic acids is 1. The fraction of sp³-hybridized carbons (Fsp3) is 0.190. The molecule has 0 spiro atoms. The second kappa shape index (κ2) is 9.15. The highest BCUT2D eigenvalue weighted by atomic mass is 32.2. The lowest BCUT2D eigenvalue weighted by molar-refractivity contribution is -0.121. The van der Waals surface area contributed by atoms with Crippen LogP contribution in [0.1, 0.15) is 17.5 Å². The lowest BCUT2D eigenvalue weighted by Crippen LogP contribution is -2.23. The van der Waals surface area contributed by atoms with Crippen molar-refractivity contribution in [2.24, 2.45) is 0 Å². The van der Waals surface area contributed by atoms with Crippen LogP contribution in [0.3, 0.4) is 0 Å². The maximum Gasteiger partial charge on any atom is 0.220 e. The van der Waals surface area contributed by atoms with Gasteiger partial charge in [-0.05, 0) is 54.1 Å². The Labute approximate surface area is 158 Å². The second-order valence-electron chi connectivity index (χ2n) is 5.92. The molecular weight excluding hydrogens is 342 g/mol. The molecule has 0 bridgehead atoms. The van der Waals surface area contributed by atoms with E-state index in [4.69, 9.17) is 0 Å². The quantitative estimate of drug-likeness (QED) is 0.642. The Balaban J connectivity index is 1.46. The summed E-state index contributed by atoms with van der Waals surface area (Å²) in [5.74, 6) is 0.0512. The Kier molecular flexibility index (Phi) is 6.39. The molecule has 3 aromatic rings. The van der Waals surface area contributed by atoms with Crippen LogP contribution < -0.4 is 5.32 Å². The number of pyridine rings is 2. The minimum atomic E-state index is 0.0512. The van der Waals surface area contributed by atoms with Crippen molar-refractivity contribution in [1.29, 1.82) is 0 Å². The molecule has 0 saturated carbocycles. The van der Waals surface area contributed by atoms with Crippen molar-refractivity contribution in [2.45, 2.75) is 24.3 Å². The third-order valence-electron chi connectivity index (χ3n) is 4.07. The molecular formula is C21H21N3OS. The van der Waals surface area contributed by atoms with Crippen LogP contribution in [0.4, 0.5) is 0 Å². The van der Waals surface area contributed by atoms with E-state index < -0.39 is 0 Å². The summed E-state index contributed by atoms with van der Waals surface area (Å²) in [6.45, 7) is 0.491. The molecule has 1 aromatic carbocycles. The van der Waals surface area contributed by atoms with Crippen LogP contribution in [0.5, 0.6) is 0 Å². The number of rotatable bonds is 7. The fourth-order valence-electron chi connectivity index (χ4n) is 2.55. The number of benzene rings is 1. The average Bonchev–Trinajstić information content (AvgIpc) is 2.72. The highest BCUT2D eigenvalue weighted by Gasteiger charge is 2.04. The maximum atomic E-state index is 12.1. The standard InChI is InChI=1S/C21H21N3OS/c1-26-19-8-4-16(5-9-19)7-11-21(25)24-14-17-6-10-20(23-13-17)18-3-2-12-22-15-18/h2-6,8-10,12-13,15H,7,11,14H2,1H3,(H,24,25). The number of aryl methyl sites for hydroxylation is 1. The maximum absolute atomic E-state index is 12.1. The zero-order valence-electron chi connectivity index (χ0n) is 14.7. The van der Waals surface area contributed by atoms with E-state index in [0.717, 1.165) is 23.2 Å². The van der Waals surface area contributed by atoms with Gasteiger partial charge in [0.1, 0.15) is 0 Å². The predicted molar refractivity (Wildman–Crippen MR) is 106 cm³/mol. The van der Waals surface area contributed by atoms with Gasteiger partial charge in [-0.25, -0.2) is 0 Å². The van der Waals surface area contributed by atoms with Crippen molar-refractivity contribution in [3.8, 4) is 11.3 Å². The van der Waals surface area contributed by atoms with Crippen molar-refractivity contribution in [3.05, 3.63) is 78.2 Å². The molecule has 0 saturated heterocycles. The molecule has 3 rings (SSSR count). The average molecular weight is 363 g/mol. The molecule has 5 heteroatoms. The first-order valence-corrected chi connectivity index (χ1v) is 9.72. The summed E-state index contributed by atoms with van der Waals surface area (Å²) in [5.41, 5.74) is 4.02. The smallest absolute Gasteiger partial charge is 0.220 e. The lowest BCUT2D eigenvalue weighted by Gasteiger charge is -2.07. The van der Waals surface area contributed by atoms with E-state index in [1.807, 2.05) is 24.3 Å². The van der Waals surface area contributed by atoms with Gasteiger partial charge < -0.3 is 5.32 Å². The molecule has 0 unspecified atom stereocenters. The summed E-state index contributed by atoms with van der Waals surface area (Å²) in [4.78, 5) is 21.8. The van der Waals surface area contributed by atoms with Crippen LogP contribution in [-0.4, -0.2) is 22.1 Å². The number of hydrogen-bond acceptors (Lipinski definition) is 4. The Morgan fingerprint density at radius 1 is 1.04 bits per heavy atom. The van der Waals surface area contributed by atoms with E-state index in [2.05, 4.69) is 45.8 Å². The SMILES string of the molecule is CSc1ccc(CCC(=O)NCc2ccc(-c3cccnc3)nc2)cc1. The minimum Gasteiger partial charge on any atom is -0.352 e. The first-order valence-electron chi connectivity index (χ1n) is 8.49. The van der Waals surface area contributed by atoms with E-state index in [9.17, 15) is 4.79 Å². The molecule has 1 amide bonds. The van der Waals surface area contributed by atoms with Crippen LogP contribution in [0.25, 0.3) is 11.3 Å². The summed E-state index contributed by atoms with van der Waals surface area (Å²) in [5, 5.41) is 2.96. The summed E-state index contributed by atoms with van der Waals surface area (Å²) in [7, 11) is 0. The summed E-state index contributed by atoms with van der Waals surface area (Å²) in [6, 6.07) is 16.1. The van der Waals surface area contributed by atoms with Crippen molar-refractivity contribution >= 4 is 17.7 Å². The second-order valence-corrected chi connectivity index (χ2v) is 6.80. The summed E-state index contributed by atoms with van der Waals surface area (Å²) >= 11 is 1.72. The number of thioether (sulfide) groups is 1.